The van der Waals surface area contributed by atoms with Crippen LogP contribution in [0.25, 0.3) is 0 Å². The van der Waals surface area contributed by atoms with Crippen LogP contribution < -0.4 is 10.5 Å². The predicted molar refractivity (Wildman–Crippen MR) is 49.2 cm³/mol. The number of nitrogen functional groups attached to an aromatic ring is 1. The summed E-state index contributed by atoms with van der Waals surface area (Å²) in [6, 6.07) is 5.65. The van der Waals surface area contributed by atoms with Crippen molar-refractivity contribution in [1.29, 1.82) is 0 Å². The van der Waals surface area contributed by atoms with Crippen molar-refractivity contribution >= 4 is 17.4 Å². The van der Waals surface area contributed by atoms with Gasteiger partial charge in [-0.25, -0.2) is 0 Å². The van der Waals surface area contributed by atoms with E-state index >= 15 is 0 Å². The molecule has 0 heterocycles. The molecule has 1 aromatic carbocycles. The molecule has 60 valence electrons. The maximum absolute atomic E-state index is 5.57. The van der Waals surface area contributed by atoms with Gasteiger partial charge < -0.3 is 10.5 Å². The van der Waals surface area contributed by atoms with Crippen LogP contribution in [0.15, 0.2) is 23.1 Å². The van der Waals surface area contributed by atoms with E-state index in [2.05, 4.69) is 0 Å². The zero-order valence-electron chi connectivity index (χ0n) is 6.63. The van der Waals surface area contributed by atoms with E-state index in [9.17, 15) is 0 Å². The molecule has 2 N–H and O–H groups in total. The van der Waals surface area contributed by atoms with Gasteiger partial charge in [0.2, 0.25) is 0 Å². The number of benzene rings is 1. The fraction of sp³-hybridized carbons (Fsp3) is 0.250. The summed E-state index contributed by atoms with van der Waals surface area (Å²) < 4.78 is 5.12. The van der Waals surface area contributed by atoms with Crippen molar-refractivity contribution in [3.8, 4) is 5.75 Å². The molecule has 0 fully saturated rings. The molecule has 0 amide bonds. The first-order valence-corrected chi connectivity index (χ1v) is 4.48. The van der Waals surface area contributed by atoms with Crippen LogP contribution in [-0.2, 0) is 0 Å². The molecule has 0 aliphatic rings. The summed E-state index contributed by atoms with van der Waals surface area (Å²) in [5.41, 5.74) is 6.30. The van der Waals surface area contributed by atoms with Crippen LogP contribution in [0.5, 0.6) is 5.75 Å². The topological polar surface area (TPSA) is 35.2 Å². The molecular weight excluding hydrogens is 158 g/mol. The number of rotatable bonds is 2. The van der Waals surface area contributed by atoms with Gasteiger partial charge in [0.1, 0.15) is 5.75 Å². The first kappa shape index (κ1) is 8.27. The highest BCUT2D eigenvalue weighted by Crippen LogP contribution is 2.28. The lowest BCUT2D eigenvalue weighted by atomic mass is 10.3. The van der Waals surface area contributed by atoms with Crippen molar-refractivity contribution in [2.75, 3.05) is 19.1 Å². The van der Waals surface area contributed by atoms with Gasteiger partial charge in [-0.05, 0) is 18.4 Å². The zero-order valence-corrected chi connectivity index (χ0v) is 7.44. The van der Waals surface area contributed by atoms with Crippen molar-refractivity contribution in [1.82, 2.24) is 0 Å². The Morgan fingerprint density at radius 2 is 2.18 bits per heavy atom. The smallest absolute Gasteiger partial charge is 0.134 e. The molecule has 11 heavy (non-hydrogen) atoms. The van der Waals surface area contributed by atoms with Gasteiger partial charge in [0.15, 0.2) is 0 Å². The lowest BCUT2D eigenvalue weighted by Gasteiger charge is -2.05. The van der Waals surface area contributed by atoms with E-state index in [1.807, 2.05) is 24.5 Å². The maximum Gasteiger partial charge on any atom is 0.134 e. The van der Waals surface area contributed by atoms with Gasteiger partial charge in [0, 0.05) is 16.6 Å². The highest BCUT2D eigenvalue weighted by atomic mass is 32.2. The Hall–Kier alpha value is -0.830. The maximum atomic E-state index is 5.57. The van der Waals surface area contributed by atoms with Crippen LogP contribution in [0.3, 0.4) is 0 Å². The van der Waals surface area contributed by atoms with E-state index in [4.69, 9.17) is 10.5 Å². The van der Waals surface area contributed by atoms with Crippen LogP contribution in [0, 0.1) is 0 Å². The third-order valence-corrected chi connectivity index (χ3v) is 2.18. The van der Waals surface area contributed by atoms with Crippen molar-refractivity contribution in [3.05, 3.63) is 18.2 Å². The first-order chi connectivity index (χ1) is 5.27. The van der Waals surface area contributed by atoms with E-state index in [1.54, 1.807) is 18.9 Å². The van der Waals surface area contributed by atoms with Crippen LogP contribution in [0.4, 0.5) is 5.69 Å². The molecule has 2 nitrogen and oxygen atoms in total. The Balaban J connectivity index is 3.06. The Kier molecular flexibility index (Phi) is 2.65. The molecule has 0 saturated carbocycles. The fourth-order valence-corrected chi connectivity index (χ4v) is 1.40. The number of methoxy groups -OCH3 is 1. The quantitative estimate of drug-likeness (QED) is 0.543. The second kappa shape index (κ2) is 3.53. The summed E-state index contributed by atoms with van der Waals surface area (Å²) in [5.74, 6) is 0.845. The SMILES string of the molecule is COc1cc(N)ccc1SC. The van der Waals surface area contributed by atoms with Crippen molar-refractivity contribution < 1.29 is 4.74 Å². The summed E-state index contributed by atoms with van der Waals surface area (Å²) in [4.78, 5) is 1.11. The number of hydrogen-bond donors (Lipinski definition) is 1. The third-order valence-electron chi connectivity index (χ3n) is 1.41. The Morgan fingerprint density at radius 3 is 2.73 bits per heavy atom. The molecule has 0 unspecified atom stereocenters. The molecule has 0 bridgehead atoms. The van der Waals surface area contributed by atoms with Gasteiger partial charge in [-0.3, -0.25) is 0 Å². The molecule has 0 saturated heterocycles. The van der Waals surface area contributed by atoms with Crippen LogP contribution in [0.1, 0.15) is 0 Å². The largest absolute Gasteiger partial charge is 0.496 e. The first-order valence-electron chi connectivity index (χ1n) is 3.25. The second-order valence-corrected chi connectivity index (χ2v) is 2.96. The molecule has 0 radical (unpaired) electrons. The molecule has 0 aliphatic heterocycles. The lowest BCUT2D eigenvalue weighted by molar-refractivity contribution is 0.405. The Labute approximate surface area is 70.7 Å². The molecule has 1 rings (SSSR count). The standard InChI is InChI=1S/C8H11NOS/c1-10-7-5-6(9)3-4-8(7)11-2/h3-5H,9H2,1-2H3. The Morgan fingerprint density at radius 1 is 1.45 bits per heavy atom. The highest BCUT2D eigenvalue weighted by molar-refractivity contribution is 7.98. The minimum Gasteiger partial charge on any atom is -0.496 e. The highest BCUT2D eigenvalue weighted by Gasteiger charge is 1.99. The van der Waals surface area contributed by atoms with Gasteiger partial charge in [-0.2, -0.15) is 0 Å². The second-order valence-electron chi connectivity index (χ2n) is 2.11. The molecule has 0 aliphatic carbocycles. The van der Waals surface area contributed by atoms with E-state index in [-0.39, 0.29) is 0 Å². The van der Waals surface area contributed by atoms with E-state index in [1.165, 1.54) is 0 Å². The van der Waals surface area contributed by atoms with E-state index in [0.29, 0.717) is 0 Å². The van der Waals surface area contributed by atoms with Crippen molar-refractivity contribution in [2.45, 2.75) is 4.90 Å². The average molecular weight is 169 g/mol. The summed E-state index contributed by atoms with van der Waals surface area (Å²) in [6.45, 7) is 0. The van der Waals surface area contributed by atoms with Crippen molar-refractivity contribution in [3.63, 3.8) is 0 Å². The zero-order chi connectivity index (χ0) is 8.27. The monoisotopic (exact) mass is 169 g/mol. The summed E-state index contributed by atoms with van der Waals surface area (Å²) in [7, 11) is 1.65. The van der Waals surface area contributed by atoms with Crippen LogP contribution in [0.2, 0.25) is 0 Å². The number of anilines is 1. The number of thioether (sulfide) groups is 1. The van der Waals surface area contributed by atoms with Gasteiger partial charge >= 0.3 is 0 Å². The molecule has 0 spiro atoms. The van der Waals surface area contributed by atoms with E-state index < -0.39 is 0 Å². The van der Waals surface area contributed by atoms with Gasteiger partial charge in [-0.1, -0.05) is 0 Å². The van der Waals surface area contributed by atoms with Gasteiger partial charge in [0.25, 0.3) is 0 Å². The molecule has 0 aromatic heterocycles. The van der Waals surface area contributed by atoms with Crippen LogP contribution >= 0.6 is 11.8 Å². The minimum absolute atomic E-state index is 0.736. The van der Waals surface area contributed by atoms with Gasteiger partial charge in [-0.15, -0.1) is 11.8 Å². The lowest BCUT2D eigenvalue weighted by Crippen LogP contribution is -1.89. The number of hydrogen-bond acceptors (Lipinski definition) is 3. The summed E-state index contributed by atoms with van der Waals surface area (Å²) >= 11 is 1.65. The van der Waals surface area contributed by atoms with Crippen LogP contribution in [-0.4, -0.2) is 13.4 Å². The predicted octanol–water partition coefficient (Wildman–Crippen LogP) is 2.00. The minimum atomic E-state index is 0.736. The van der Waals surface area contributed by atoms with Gasteiger partial charge in [0.05, 0.1) is 7.11 Å². The number of ether oxygens (including phenoxy) is 1. The number of nitrogens with two attached hydrogens (primary N) is 1. The van der Waals surface area contributed by atoms with E-state index in [0.717, 1.165) is 16.3 Å². The molecular formula is C8H11NOS. The molecule has 1 aromatic rings. The summed E-state index contributed by atoms with van der Waals surface area (Å²) in [6.07, 6.45) is 2.01. The molecule has 3 heteroatoms. The summed E-state index contributed by atoms with van der Waals surface area (Å²) in [5, 5.41) is 0. The Bertz CT molecular complexity index is 250. The normalized spacial score (nSPS) is 9.64. The average Bonchev–Trinajstić information content (AvgIpc) is 2.04. The van der Waals surface area contributed by atoms with Crippen molar-refractivity contribution in [2.24, 2.45) is 0 Å². The third kappa shape index (κ3) is 1.80. The molecule has 0 atom stereocenters. The fourth-order valence-electron chi connectivity index (χ4n) is 0.853.